The molecular formula is C12H16N2. The maximum atomic E-state index is 8.96. The van der Waals surface area contributed by atoms with Gasteiger partial charge in [-0.15, -0.1) is 0 Å². The Hall–Kier alpha value is -1.49. The number of hydrogen-bond donors (Lipinski definition) is 0. The fraction of sp³-hybridized carbons (Fsp3) is 0.417. The Labute approximate surface area is 85.8 Å². The van der Waals surface area contributed by atoms with E-state index < -0.39 is 0 Å². The third-order valence-corrected chi connectivity index (χ3v) is 2.43. The third-order valence-electron chi connectivity index (χ3n) is 2.43. The van der Waals surface area contributed by atoms with Crippen LogP contribution in [0, 0.1) is 18.3 Å². The van der Waals surface area contributed by atoms with Gasteiger partial charge in [-0.1, -0.05) is 6.07 Å². The molecule has 0 bridgehead atoms. The summed E-state index contributed by atoms with van der Waals surface area (Å²) in [7, 11) is 2.01. The van der Waals surface area contributed by atoms with E-state index in [2.05, 4.69) is 30.9 Å². The molecule has 1 aromatic carbocycles. The molecule has 0 aliphatic rings. The Morgan fingerprint density at radius 2 is 2.00 bits per heavy atom. The number of rotatable bonds is 2. The molecule has 1 rings (SSSR count). The van der Waals surface area contributed by atoms with Gasteiger partial charge < -0.3 is 4.90 Å². The second-order valence-corrected chi connectivity index (χ2v) is 3.84. The minimum atomic E-state index is 0.406. The van der Waals surface area contributed by atoms with Gasteiger partial charge >= 0.3 is 0 Å². The van der Waals surface area contributed by atoms with Crippen molar-refractivity contribution in [2.75, 3.05) is 11.9 Å². The number of anilines is 1. The van der Waals surface area contributed by atoms with Gasteiger partial charge in [0.25, 0.3) is 0 Å². The van der Waals surface area contributed by atoms with Crippen LogP contribution in [0.15, 0.2) is 18.2 Å². The molecule has 0 spiro atoms. The first-order chi connectivity index (χ1) is 6.56. The molecule has 0 aromatic heterocycles. The first kappa shape index (κ1) is 10.6. The quantitative estimate of drug-likeness (QED) is 0.713. The zero-order valence-electron chi connectivity index (χ0n) is 9.20. The second-order valence-electron chi connectivity index (χ2n) is 3.84. The van der Waals surface area contributed by atoms with Crippen molar-refractivity contribution in [3.8, 4) is 6.07 Å². The Balaban J connectivity index is 3.18. The molecule has 0 N–H and O–H groups in total. The molecule has 14 heavy (non-hydrogen) atoms. The fourth-order valence-electron chi connectivity index (χ4n) is 1.31. The average Bonchev–Trinajstić information content (AvgIpc) is 2.16. The van der Waals surface area contributed by atoms with E-state index >= 15 is 0 Å². The normalized spacial score (nSPS) is 10.0. The maximum Gasteiger partial charge on any atom is 0.101 e. The van der Waals surface area contributed by atoms with Crippen LogP contribution in [0.1, 0.15) is 25.0 Å². The zero-order valence-corrected chi connectivity index (χ0v) is 9.20. The van der Waals surface area contributed by atoms with Gasteiger partial charge in [0, 0.05) is 13.1 Å². The van der Waals surface area contributed by atoms with Gasteiger partial charge in [0.05, 0.1) is 11.3 Å². The van der Waals surface area contributed by atoms with Crippen molar-refractivity contribution in [1.29, 1.82) is 5.26 Å². The number of nitrogens with zero attached hydrogens (tertiary/aromatic N) is 2. The monoisotopic (exact) mass is 188 g/mol. The standard InChI is InChI=1S/C12H16N2/c1-9(2)14(4)12-7-10(3)5-6-11(12)8-13/h5-7,9H,1-4H3. The lowest BCUT2D eigenvalue weighted by atomic mass is 10.1. The molecule has 0 atom stereocenters. The summed E-state index contributed by atoms with van der Waals surface area (Å²) in [4.78, 5) is 2.12. The number of benzene rings is 1. The lowest BCUT2D eigenvalue weighted by Crippen LogP contribution is -2.26. The predicted octanol–water partition coefficient (Wildman–Crippen LogP) is 2.71. The van der Waals surface area contributed by atoms with E-state index in [4.69, 9.17) is 5.26 Å². The molecule has 2 nitrogen and oxygen atoms in total. The summed E-state index contributed by atoms with van der Waals surface area (Å²) < 4.78 is 0. The minimum Gasteiger partial charge on any atom is -0.371 e. The SMILES string of the molecule is Cc1ccc(C#N)c(N(C)C(C)C)c1. The average molecular weight is 188 g/mol. The van der Waals surface area contributed by atoms with Gasteiger partial charge in [0.1, 0.15) is 6.07 Å². The van der Waals surface area contributed by atoms with E-state index in [1.54, 1.807) is 0 Å². The Kier molecular flexibility index (Phi) is 3.14. The predicted molar refractivity (Wildman–Crippen MR) is 59.4 cm³/mol. The summed E-state index contributed by atoms with van der Waals surface area (Å²) in [6.07, 6.45) is 0. The van der Waals surface area contributed by atoms with Crippen molar-refractivity contribution in [2.24, 2.45) is 0 Å². The summed E-state index contributed by atoms with van der Waals surface area (Å²) in [6.45, 7) is 6.27. The van der Waals surface area contributed by atoms with Gasteiger partial charge in [-0.3, -0.25) is 0 Å². The third kappa shape index (κ3) is 2.05. The van der Waals surface area contributed by atoms with Gasteiger partial charge in [0.15, 0.2) is 0 Å². The first-order valence-electron chi connectivity index (χ1n) is 4.80. The molecule has 74 valence electrons. The van der Waals surface area contributed by atoms with Crippen molar-refractivity contribution in [1.82, 2.24) is 0 Å². The lowest BCUT2D eigenvalue weighted by Gasteiger charge is -2.25. The highest BCUT2D eigenvalue weighted by molar-refractivity contribution is 5.60. The van der Waals surface area contributed by atoms with Crippen LogP contribution in [-0.4, -0.2) is 13.1 Å². The van der Waals surface area contributed by atoms with Crippen molar-refractivity contribution in [2.45, 2.75) is 26.8 Å². The number of hydrogen-bond acceptors (Lipinski definition) is 2. The van der Waals surface area contributed by atoms with E-state index in [0.717, 1.165) is 11.3 Å². The topological polar surface area (TPSA) is 27.0 Å². The van der Waals surface area contributed by atoms with Crippen LogP contribution >= 0.6 is 0 Å². The Morgan fingerprint density at radius 1 is 1.36 bits per heavy atom. The Bertz CT molecular complexity index is 361. The van der Waals surface area contributed by atoms with Gasteiger partial charge in [-0.2, -0.15) is 5.26 Å². The van der Waals surface area contributed by atoms with E-state index in [0.29, 0.717) is 6.04 Å². The molecule has 0 aliphatic heterocycles. The molecule has 0 heterocycles. The van der Waals surface area contributed by atoms with Crippen molar-refractivity contribution in [3.05, 3.63) is 29.3 Å². The summed E-state index contributed by atoms with van der Waals surface area (Å²) in [5, 5.41) is 8.96. The molecule has 0 saturated heterocycles. The van der Waals surface area contributed by atoms with Crippen LogP contribution < -0.4 is 4.90 Å². The molecule has 0 unspecified atom stereocenters. The largest absolute Gasteiger partial charge is 0.371 e. The fourth-order valence-corrected chi connectivity index (χ4v) is 1.31. The highest BCUT2D eigenvalue weighted by Crippen LogP contribution is 2.21. The summed E-state index contributed by atoms with van der Waals surface area (Å²) in [6, 6.07) is 8.52. The molecule has 0 aliphatic carbocycles. The minimum absolute atomic E-state index is 0.406. The van der Waals surface area contributed by atoms with E-state index in [1.165, 1.54) is 5.56 Å². The van der Waals surface area contributed by atoms with E-state index in [-0.39, 0.29) is 0 Å². The van der Waals surface area contributed by atoms with Gasteiger partial charge in [-0.05, 0) is 38.5 Å². The van der Waals surface area contributed by atoms with Crippen LogP contribution in [0.25, 0.3) is 0 Å². The molecule has 0 radical (unpaired) electrons. The maximum absolute atomic E-state index is 8.96. The number of aryl methyl sites for hydroxylation is 1. The highest BCUT2D eigenvalue weighted by Gasteiger charge is 2.09. The highest BCUT2D eigenvalue weighted by atomic mass is 15.1. The summed E-state index contributed by atoms with van der Waals surface area (Å²) in [5.74, 6) is 0. The zero-order chi connectivity index (χ0) is 10.7. The van der Waals surface area contributed by atoms with Crippen molar-refractivity contribution >= 4 is 5.69 Å². The van der Waals surface area contributed by atoms with Crippen LogP contribution in [0.4, 0.5) is 5.69 Å². The lowest BCUT2D eigenvalue weighted by molar-refractivity contribution is 0.753. The van der Waals surface area contributed by atoms with Crippen LogP contribution in [0.3, 0.4) is 0 Å². The molecular weight excluding hydrogens is 172 g/mol. The molecule has 0 fully saturated rings. The molecule has 2 heteroatoms. The van der Waals surface area contributed by atoms with Crippen molar-refractivity contribution in [3.63, 3.8) is 0 Å². The molecule has 0 saturated carbocycles. The van der Waals surface area contributed by atoms with Crippen LogP contribution in [-0.2, 0) is 0 Å². The van der Waals surface area contributed by atoms with Crippen molar-refractivity contribution < 1.29 is 0 Å². The smallest absolute Gasteiger partial charge is 0.101 e. The van der Waals surface area contributed by atoms with Crippen LogP contribution in [0.2, 0.25) is 0 Å². The summed E-state index contributed by atoms with van der Waals surface area (Å²) in [5.41, 5.74) is 2.95. The van der Waals surface area contributed by atoms with E-state index in [9.17, 15) is 0 Å². The van der Waals surface area contributed by atoms with Gasteiger partial charge in [-0.25, -0.2) is 0 Å². The molecule has 0 amide bonds. The Morgan fingerprint density at radius 3 is 2.50 bits per heavy atom. The first-order valence-corrected chi connectivity index (χ1v) is 4.80. The van der Waals surface area contributed by atoms with Gasteiger partial charge in [0.2, 0.25) is 0 Å². The molecule has 1 aromatic rings. The van der Waals surface area contributed by atoms with E-state index in [1.807, 2.05) is 26.1 Å². The second kappa shape index (κ2) is 4.15. The summed E-state index contributed by atoms with van der Waals surface area (Å²) >= 11 is 0. The van der Waals surface area contributed by atoms with Crippen LogP contribution in [0.5, 0.6) is 0 Å². The number of nitriles is 1.